The van der Waals surface area contributed by atoms with E-state index >= 15 is 0 Å². The molecule has 0 unspecified atom stereocenters. The summed E-state index contributed by atoms with van der Waals surface area (Å²) in [6, 6.07) is 8.43. The highest BCUT2D eigenvalue weighted by molar-refractivity contribution is 5.91. The molecule has 0 aromatic heterocycles. The summed E-state index contributed by atoms with van der Waals surface area (Å²) in [4.78, 5) is 26.1. The molecule has 0 radical (unpaired) electrons. The minimum Gasteiger partial charge on any atom is -0.452 e. The van der Waals surface area contributed by atoms with Gasteiger partial charge in [0.2, 0.25) is 0 Å². The van der Waals surface area contributed by atoms with Gasteiger partial charge in [0.1, 0.15) is 0 Å². The topological polar surface area (TPSA) is 70.4 Å². The van der Waals surface area contributed by atoms with Crippen molar-refractivity contribution in [1.29, 1.82) is 5.26 Å². The van der Waals surface area contributed by atoms with Crippen LogP contribution in [0.4, 0.5) is 0 Å². The van der Waals surface area contributed by atoms with Crippen LogP contribution in [0.2, 0.25) is 0 Å². The lowest BCUT2D eigenvalue weighted by atomic mass is 9.94. The molecule has 1 saturated carbocycles. The Hall–Kier alpha value is -2.35. The van der Waals surface area contributed by atoms with Gasteiger partial charge in [0, 0.05) is 12.6 Å². The molecule has 1 amide bonds. The van der Waals surface area contributed by atoms with Crippen molar-refractivity contribution in [2.24, 2.45) is 0 Å². The van der Waals surface area contributed by atoms with Crippen LogP contribution in [0.3, 0.4) is 0 Å². The summed E-state index contributed by atoms with van der Waals surface area (Å²) in [7, 11) is 0. The number of hydrogen-bond donors (Lipinski definition) is 0. The smallest absolute Gasteiger partial charge is 0.338 e. The monoisotopic (exact) mass is 314 g/mol. The molecular formula is C18H22N2O3. The maximum atomic E-state index is 12.3. The van der Waals surface area contributed by atoms with Gasteiger partial charge in [0.25, 0.3) is 5.91 Å². The van der Waals surface area contributed by atoms with E-state index in [1.54, 1.807) is 12.1 Å². The fraction of sp³-hybridized carbons (Fsp3) is 0.500. The van der Waals surface area contributed by atoms with Crippen molar-refractivity contribution < 1.29 is 14.3 Å². The van der Waals surface area contributed by atoms with E-state index in [9.17, 15) is 9.59 Å². The number of likely N-dealkylation sites (N-methyl/N-ethyl adjacent to an activating group) is 1. The van der Waals surface area contributed by atoms with E-state index in [0.29, 0.717) is 17.7 Å². The van der Waals surface area contributed by atoms with Gasteiger partial charge < -0.3 is 9.64 Å². The van der Waals surface area contributed by atoms with E-state index in [4.69, 9.17) is 10.00 Å². The first-order valence-corrected chi connectivity index (χ1v) is 8.12. The van der Waals surface area contributed by atoms with Gasteiger partial charge in [-0.3, -0.25) is 4.79 Å². The Kier molecular flexibility index (Phi) is 6.16. The zero-order valence-electron chi connectivity index (χ0n) is 13.5. The van der Waals surface area contributed by atoms with Crippen molar-refractivity contribution in [3.05, 3.63) is 35.4 Å². The first kappa shape index (κ1) is 17.0. The largest absolute Gasteiger partial charge is 0.452 e. The van der Waals surface area contributed by atoms with E-state index in [2.05, 4.69) is 0 Å². The van der Waals surface area contributed by atoms with Gasteiger partial charge in [-0.25, -0.2) is 4.79 Å². The predicted octanol–water partition coefficient (Wildman–Crippen LogP) is 2.90. The summed E-state index contributed by atoms with van der Waals surface area (Å²) in [5.41, 5.74) is 0.824. The number of carbonyl (C=O) groups is 2. The van der Waals surface area contributed by atoms with Crippen LogP contribution in [0.25, 0.3) is 0 Å². The van der Waals surface area contributed by atoms with Crippen LogP contribution in [0, 0.1) is 11.3 Å². The molecule has 0 bridgehead atoms. The average Bonchev–Trinajstić information content (AvgIpc) is 2.61. The highest BCUT2D eigenvalue weighted by Gasteiger charge is 2.24. The van der Waals surface area contributed by atoms with E-state index in [1.807, 2.05) is 17.9 Å². The Bertz CT molecular complexity index is 583. The Balaban J connectivity index is 1.88. The van der Waals surface area contributed by atoms with Gasteiger partial charge in [-0.1, -0.05) is 19.3 Å². The molecular weight excluding hydrogens is 292 g/mol. The second-order valence-electron chi connectivity index (χ2n) is 5.74. The number of nitrogens with zero attached hydrogens (tertiary/aromatic N) is 2. The Morgan fingerprint density at radius 3 is 2.43 bits per heavy atom. The molecule has 23 heavy (non-hydrogen) atoms. The van der Waals surface area contributed by atoms with Gasteiger partial charge in [-0.15, -0.1) is 0 Å². The van der Waals surface area contributed by atoms with Crippen LogP contribution in [0.15, 0.2) is 24.3 Å². The minimum atomic E-state index is -0.539. The van der Waals surface area contributed by atoms with Crippen molar-refractivity contribution >= 4 is 11.9 Å². The number of nitriles is 1. The third-order valence-corrected chi connectivity index (χ3v) is 4.25. The molecule has 5 nitrogen and oxygen atoms in total. The van der Waals surface area contributed by atoms with Crippen molar-refractivity contribution in [3.8, 4) is 6.07 Å². The zero-order chi connectivity index (χ0) is 16.7. The molecule has 0 saturated heterocycles. The standard InChI is InChI=1S/C18H22N2O3/c1-2-20(16-6-4-3-5-7-16)17(21)13-23-18(22)15-10-8-14(12-19)9-11-15/h8-11,16H,2-7,13H2,1H3. The Morgan fingerprint density at radius 2 is 1.87 bits per heavy atom. The third-order valence-electron chi connectivity index (χ3n) is 4.25. The minimum absolute atomic E-state index is 0.138. The van der Waals surface area contributed by atoms with Gasteiger partial charge >= 0.3 is 5.97 Å². The summed E-state index contributed by atoms with van der Waals surface area (Å²) in [5, 5.41) is 8.74. The molecule has 1 aliphatic carbocycles. The predicted molar refractivity (Wildman–Crippen MR) is 85.7 cm³/mol. The molecule has 1 aliphatic rings. The SMILES string of the molecule is CCN(C(=O)COC(=O)c1ccc(C#N)cc1)C1CCCCC1. The first-order valence-electron chi connectivity index (χ1n) is 8.12. The van der Waals surface area contributed by atoms with Crippen LogP contribution in [-0.4, -0.2) is 36.0 Å². The molecule has 1 aromatic carbocycles. The lowest BCUT2D eigenvalue weighted by Crippen LogP contribution is -2.43. The van der Waals surface area contributed by atoms with Gasteiger partial charge in [-0.05, 0) is 44.0 Å². The fourth-order valence-electron chi connectivity index (χ4n) is 3.01. The fourth-order valence-corrected chi connectivity index (χ4v) is 3.01. The molecule has 0 aliphatic heterocycles. The number of carbonyl (C=O) groups excluding carboxylic acids is 2. The van der Waals surface area contributed by atoms with Crippen LogP contribution < -0.4 is 0 Å². The molecule has 1 aromatic rings. The van der Waals surface area contributed by atoms with E-state index in [0.717, 1.165) is 25.7 Å². The first-order chi connectivity index (χ1) is 11.2. The summed E-state index contributed by atoms with van der Waals surface area (Å²) >= 11 is 0. The molecule has 0 heterocycles. The highest BCUT2D eigenvalue weighted by Crippen LogP contribution is 2.22. The highest BCUT2D eigenvalue weighted by atomic mass is 16.5. The summed E-state index contributed by atoms with van der Waals surface area (Å²) in [6.07, 6.45) is 5.60. The summed E-state index contributed by atoms with van der Waals surface area (Å²) < 4.78 is 5.12. The van der Waals surface area contributed by atoms with E-state index in [-0.39, 0.29) is 18.6 Å². The van der Waals surface area contributed by atoms with Crippen LogP contribution in [0.5, 0.6) is 0 Å². The van der Waals surface area contributed by atoms with E-state index < -0.39 is 5.97 Å². The number of benzene rings is 1. The molecule has 122 valence electrons. The van der Waals surface area contributed by atoms with Crippen LogP contribution >= 0.6 is 0 Å². The molecule has 1 fully saturated rings. The van der Waals surface area contributed by atoms with Gasteiger partial charge in [0.15, 0.2) is 6.61 Å². The number of ether oxygens (including phenoxy) is 1. The Morgan fingerprint density at radius 1 is 1.22 bits per heavy atom. The lowest BCUT2D eigenvalue weighted by molar-refractivity contribution is -0.137. The number of amides is 1. The molecule has 0 atom stereocenters. The second kappa shape index (κ2) is 8.33. The normalized spacial score (nSPS) is 14.8. The van der Waals surface area contributed by atoms with Gasteiger partial charge in [-0.2, -0.15) is 5.26 Å². The van der Waals surface area contributed by atoms with Crippen molar-refractivity contribution in [2.75, 3.05) is 13.2 Å². The number of esters is 1. The Labute approximate surface area is 136 Å². The summed E-state index contributed by atoms with van der Waals surface area (Å²) in [5.74, 6) is -0.677. The zero-order valence-corrected chi connectivity index (χ0v) is 13.5. The van der Waals surface area contributed by atoms with Crippen molar-refractivity contribution in [3.63, 3.8) is 0 Å². The molecule has 5 heteroatoms. The van der Waals surface area contributed by atoms with Crippen LogP contribution in [0.1, 0.15) is 54.9 Å². The molecule has 2 rings (SSSR count). The quantitative estimate of drug-likeness (QED) is 0.784. The lowest BCUT2D eigenvalue weighted by Gasteiger charge is -2.33. The van der Waals surface area contributed by atoms with Gasteiger partial charge in [0.05, 0.1) is 17.2 Å². The van der Waals surface area contributed by atoms with Crippen molar-refractivity contribution in [2.45, 2.75) is 45.1 Å². The number of rotatable bonds is 5. The summed E-state index contributed by atoms with van der Waals surface area (Å²) in [6.45, 7) is 2.36. The maximum absolute atomic E-state index is 12.3. The average molecular weight is 314 g/mol. The molecule has 0 N–H and O–H groups in total. The van der Waals surface area contributed by atoms with Crippen LogP contribution in [-0.2, 0) is 9.53 Å². The van der Waals surface area contributed by atoms with E-state index in [1.165, 1.54) is 18.6 Å². The molecule has 0 spiro atoms. The third kappa shape index (κ3) is 4.56. The van der Waals surface area contributed by atoms with Crippen molar-refractivity contribution in [1.82, 2.24) is 4.90 Å². The maximum Gasteiger partial charge on any atom is 0.338 e. The number of hydrogen-bond acceptors (Lipinski definition) is 4. The second-order valence-corrected chi connectivity index (χ2v) is 5.74.